The molecule has 1 fully saturated rings. The lowest BCUT2D eigenvalue weighted by Crippen LogP contribution is -2.62. The van der Waals surface area contributed by atoms with Gasteiger partial charge in [-0.1, -0.05) is 30.3 Å². The fraction of sp³-hybridized carbons (Fsp3) is 0.738. The molecule has 15 nitrogen and oxygen atoms in total. The zero-order valence-corrected chi connectivity index (χ0v) is 35.6. The Labute approximate surface area is 338 Å². The van der Waals surface area contributed by atoms with Crippen molar-refractivity contribution in [3.63, 3.8) is 0 Å². The van der Waals surface area contributed by atoms with Crippen molar-refractivity contribution in [3.05, 3.63) is 35.9 Å². The molecule has 1 aliphatic rings. The summed E-state index contributed by atoms with van der Waals surface area (Å²) < 4.78 is 39.5. The maximum absolute atomic E-state index is 14.1. The highest BCUT2D eigenvalue weighted by atomic mass is 16.6. The number of ether oxygens (including phenoxy) is 7. The molecule has 0 radical (unpaired) electrons. The second-order valence-corrected chi connectivity index (χ2v) is 17.4. The van der Waals surface area contributed by atoms with E-state index in [9.17, 15) is 29.1 Å². The number of likely N-dealkylation sites (tertiary alicyclic amines) is 1. The molecule has 1 heterocycles. The van der Waals surface area contributed by atoms with Gasteiger partial charge in [0.25, 0.3) is 0 Å². The number of esters is 4. The maximum Gasteiger partial charge on any atom is 0.308 e. The van der Waals surface area contributed by atoms with Gasteiger partial charge in [-0.25, -0.2) is 0 Å². The van der Waals surface area contributed by atoms with E-state index in [1.165, 1.54) is 0 Å². The van der Waals surface area contributed by atoms with Crippen molar-refractivity contribution in [1.82, 2.24) is 10.2 Å². The fourth-order valence-electron chi connectivity index (χ4n) is 5.86. The number of hydrogen-bond donors (Lipinski definition) is 2. The monoisotopic (exact) mass is 808 g/mol. The van der Waals surface area contributed by atoms with Crippen LogP contribution in [0.1, 0.15) is 119 Å². The first-order valence-electron chi connectivity index (χ1n) is 19.9. The van der Waals surface area contributed by atoms with Crippen LogP contribution in [0.4, 0.5) is 0 Å². The van der Waals surface area contributed by atoms with Crippen LogP contribution >= 0.6 is 0 Å². The number of carbonyl (C=O) groups excluding carboxylic acids is 5. The third-order valence-corrected chi connectivity index (χ3v) is 8.20. The number of hydrogen-bond acceptors (Lipinski definition) is 14. The van der Waals surface area contributed by atoms with Crippen LogP contribution in [0, 0.1) is 0 Å². The summed E-state index contributed by atoms with van der Waals surface area (Å²) in [4.78, 5) is 65.5. The number of amides is 1. The Balaban J connectivity index is 2.18. The number of aliphatic hydroxyl groups is 1. The summed E-state index contributed by atoms with van der Waals surface area (Å²) in [6, 6.07) is 8.62. The van der Waals surface area contributed by atoms with Crippen LogP contribution in [0.15, 0.2) is 30.3 Å². The minimum atomic E-state index is -1.35. The van der Waals surface area contributed by atoms with Gasteiger partial charge < -0.3 is 43.6 Å². The van der Waals surface area contributed by atoms with E-state index >= 15 is 0 Å². The Bertz CT molecular complexity index is 1310. The Morgan fingerprint density at radius 1 is 0.702 bits per heavy atom. The predicted octanol–water partition coefficient (Wildman–Crippen LogP) is 4.78. The number of aliphatic hydroxyl groups excluding tert-OH is 1. The zero-order chi connectivity index (χ0) is 42.7. The molecule has 0 bridgehead atoms. The first-order chi connectivity index (χ1) is 26.6. The van der Waals surface area contributed by atoms with E-state index in [1.807, 2.05) is 30.3 Å². The highest BCUT2D eigenvalue weighted by Crippen LogP contribution is 2.24. The van der Waals surface area contributed by atoms with Crippen molar-refractivity contribution in [3.8, 4) is 0 Å². The molecule has 2 rings (SSSR count). The quantitative estimate of drug-likeness (QED) is 0.0826. The molecule has 0 saturated carbocycles. The third-order valence-electron chi connectivity index (χ3n) is 8.20. The Hall–Kier alpha value is -3.63. The molecule has 0 aliphatic carbocycles. The topological polar surface area (TPSA) is 185 Å². The normalized spacial score (nSPS) is 15.8. The van der Waals surface area contributed by atoms with Gasteiger partial charge in [-0.2, -0.15) is 0 Å². The third kappa shape index (κ3) is 22.2. The average molecular weight is 809 g/mol. The highest BCUT2D eigenvalue weighted by Gasteiger charge is 2.40. The molecule has 2 N–H and O–H groups in total. The van der Waals surface area contributed by atoms with E-state index in [1.54, 1.807) is 67.2 Å². The lowest BCUT2D eigenvalue weighted by atomic mass is 10.0. The molecule has 2 atom stereocenters. The summed E-state index contributed by atoms with van der Waals surface area (Å²) in [7, 11) is 0. The molecule has 0 aromatic heterocycles. The minimum Gasteiger partial charge on any atom is -0.461 e. The Morgan fingerprint density at radius 3 is 1.60 bits per heavy atom. The van der Waals surface area contributed by atoms with Crippen LogP contribution in [0.5, 0.6) is 0 Å². The van der Waals surface area contributed by atoms with E-state index in [0.717, 1.165) is 5.56 Å². The van der Waals surface area contributed by atoms with Crippen LogP contribution in [0.3, 0.4) is 0 Å². The van der Waals surface area contributed by atoms with Crippen LogP contribution in [-0.2, 0) is 63.7 Å². The molecule has 57 heavy (non-hydrogen) atoms. The second kappa shape index (κ2) is 23.7. The van der Waals surface area contributed by atoms with E-state index in [4.69, 9.17) is 33.2 Å². The van der Waals surface area contributed by atoms with Crippen molar-refractivity contribution in [2.45, 2.75) is 155 Å². The van der Waals surface area contributed by atoms with Gasteiger partial charge in [-0.15, -0.1) is 0 Å². The van der Waals surface area contributed by atoms with Crippen molar-refractivity contribution < 1.29 is 62.2 Å². The summed E-state index contributed by atoms with van der Waals surface area (Å²) in [5.41, 5.74) is -2.51. The Morgan fingerprint density at radius 2 is 1.16 bits per heavy atom. The zero-order valence-electron chi connectivity index (χ0n) is 35.6. The summed E-state index contributed by atoms with van der Waals surface area (Å²) in [6.07, 6.45) is 0.646. The van der Waals surface area contributed by atoms with E-state index in [2.05, 4.69) is 5.32 Å². The van der Waals surface area contributed by atoms with Gasteiger partial charge >= 0.3 is 23.9 Å². The molecule has 324 valence electrons. The summed E-state index contributed by atoms with van der Waals surface area (Å²) in [5, 5.41) is 14.2. The molecule has 1 aliphatic heterocycles. The van der Waals surface area contributed by atoms with Gasteiger partial charge in [0, 0.05) is 13.0 Å². The van der Waals surface area contributed by atoms with Gasteiger partial charge in [0.15, 0.2) is 0 Å². The van der Waals surface area contributed by atoms with Gasteiger partial charge in [-0.3, -0.25) is 28.9 Å². The highest BCUT2D eigenvalue weighted by molar-refractivity contribution is 5.83. The number of benzene rings is 1. The van der Waals surface area contributed by atoms with Crippen molar-refractivity contribution in [2.24, 2.45) is 0 Å². The lowest BCUT2D eigenvalue weighted by molar-refractivity contribution is -0.157. The van der Waals surface area contributed by atoms with Crippen molar-refractivity contribution >= 4 is 29.8 Å². The molecule has 1 aromatic rings. The smallest absolute Gasteiger partial charge is 0.308 e. The van der Waals surface area contributed by atoms with Crippen LogP contribution in [0.2, 0.25) is 0 Å². The molecule has 1 amide bonds. The summed E-state index contributed by atoms with van der Waals surface area (Å²) >= 11 is 0. The molecule has 1 saturated heterocycles. The molecule has 0 spiro atoms. The molecule has 15 heteroatoms. The van der Waals surface area contributed by atoms with Gasteiger partial charge in [0.2, 0.25) is 5.91 Å². The van der Waals surface area contributed by atoms with Crippen molar-refractivity contribution in [2.75, 3.05) is 46.2 Å². The van der Waals surface area contributed by atoms with Gasteiger partial charge in [-0.05, 0) is 93.6 Å². The molecular weight excluding hydrogens is 740 g/mol. The number of carbonyl (C=O) groups is 5. The number of nitrogens with zero attached hydrogens (tertiary/aromatic N) is 1. The van der Waals surface area contributed by atoms with E-state index in [0.29, 0.717) is 25.8 Å². The lowest BCUT2D eigenvalue weighted by Gasteiger charge is -2.37. The second-order valence-electron chi connectivity index (χ2n) is 17.4. The SMILES string of the molecule is CC(C)(C)OC(=O)CCOCC(COCCC(=O)OC(C)(C)C)(COCCC(=O)OC(C)(C)C)NC(=O)C1CCCN1C(O)CCCC(=O)OCc1ccccc1. The summed E-state index contributed by atoms with van der Waals surface area (Å²) in [6.45, 7) is 15.9. The van der Waals surface area contributed by atoms with Crippen molar-refractivity contribution in [1.29, 1.82) is 0 Å². The largest absolute Gasteiger partial charge is 0.461 e. The number of rotatable bonds is 24. The predicted molar refractivity (Wildman–Crippen MR) is 211 cm³/mol. The van der Waals surface area contributed by atoms with E-state index in [-0.39, 0.29) is 84.3 Å². The molecule has 2 unspecified atom stereocenters. The summed E-state index contributed by atoms with van der Waals surface area (Å²) in [5.74, 6) is -2.18. The van der Waals surface area contributed by atoms with Crippen LogP contribution in [0.25, 0.3) is 0 Å². The van der Waals surface area contributed by atoms with Crippen LogP contribution < -0.4 is 5.32 Å². The average Bonchev–Trinajstić information content (AvgIpc) is 3.59. The number of nitrogens with one attached hydrogen (secondary N) is 1. The molecular formula is C42H68N2O13. The first kappa shape index (κ1) is 49.5. The fourth-order valence-corrected chi connectivity index (χ4v) is 5.86. The standard InChI is InChI=1S/C42H68N2O13/c1-39(2,3)55-35(47)20-24-51-28-42(29-52-25-21-36(48)56-40(4,5)6,30-53-26-22-37(49)57-41(7,8)9)43-38(50)32-17-14-23-44(32)33(45)18-13-19-34(46)54-27-31-15-11-10-12-16-31/h10-12,15-16,32-33,45H,13-14,17-30H2,1-9H3,(H,43,50). The van der Waals surface area contributed by atoms with Gasteiger partial charge in [0.1, 0.15) is 35.2 Å². The molecule has 1 aromatic carbocycles. The van der Waals surface area contributed by atoms with E-state index < -0.39 is 58.4 Å². The Kier molecular flexibility index (Phi) is 20.6. The van der Waals surface area contributed by atoms with Gasteiger partial charge in [0.05, 0.1) is 64.9 Å². The maximum atomic E-state index is 14.1. The van der Waals surface area contributed by atoms with Crippen LogP contribution in [-0.4, -0.2) is 121 Å². The minimum absolute atomic E-state index is 0.0373. The first-order valence-corrected chi connectivity index (χ1v) is 19.9.